The van der Waals surface area contributed by atoms with Crippen LogP contribution in [-0.4, -0.2) is 5.91 Å². The van der Waals surface area contributed by atoms with Gasteiger partial charge in [-0.1, -0.05) is 18.2 Å². The lowest BCUT2D eigenvalue weighted by Crippen LogP contribution is -2.07. The number of alkyl halides is 2. The number of carbonyl (C=O) groups excluding carboxylic acids is 1. The molecule has 1 rings (SSSR count). The van der Waals surface area contributed by atoms with E-state index in [9.17, 15) is 18.0 Å². The number of primary amides is 1. The molecule has 2 N–H and O–H groups in total. The lowest BCUT2D eigenvalue weighted by atomic mass is 10.1. The number of benzene rings is 1. The second kappa shape index (κ2) is 5.34. The third-order valence-corrected chi connectivity index (χ3v) is 1.89. The fourth-order valence-electron chi connectivity index (χ4n) is 1.14. The molecule has 0 bridgehead atoms. The number of nitrogens with two attached hydrogens (primary N) is 1. The summed E-state index contributed by atoms with van der Waals surface area (Å²) in [4.78, 5) is 10.4. The highest BCUT2D eigenvalue weighted by atomic mass is 19.3. The number of amides is 1. The molecule has 0 fully saturated rings. The van der Waals surface area contributed by atoms with E-state index >= 15 is 0 Å². The molecule has 0 spiro atoms. The molecule has 1 aromatic rings. The standard InChI is InChI=1S/C11H10F3NO/c12-9-6-7(2-1-3-10(15)16)4-5-8(9)11(13)14/h1-2,4-6,11H,3H2,(H2,15,16). The summed E-state index contributed by atoms with van der Waals surface area (Å²) in [5, 5.41) is 0. The number of hydrogen-bond donors (Lipinski definition) is 1. The molecule has 16 heavy (non-hydrogen) atoms. The van der Waals surface area contributed by atoms with Crippen molar-refractivity contribution in [3.05, 3.63) is 41.2 Å². The molecule has 2 nitrogen and oxygen atoms in total. The van der Waals surface area contributed by atoms with Crippen molar-refractivity contribution >= 4 is 12.0 Å². The first kappa shape index (κ1) is 12.3. The first-order valence-corrected chi connectivity index (χ1v) is 4.53. The summed E-state index contributed by atoms with van der Waals surface area (Å²) in [7, 11) is 0. The predicted molar refractivity (Wildman–Crippen MR) is 54.2 cm³/mol. The molecule has 1 aromatic carbocycles. The minimum absolute atomic E-state index is 0.0260. The van der Waals surface area contributed by atoms with Crippen LogP contribution in [0.15, 0.2) is 24.3 Å². The van der Waals surface area contributed by atoms with Crippen LogP contribution in [0.1, 0.15) is 24.0 Å². The second-order valence-corrected chi connectivity index (χ2v) is 3.15. The van der Waals surface area contributed by atoms with Crippen molar-refractivity contribution in [3.8, 4) is 0 Å². The van der Waals surface area contributed by atoms with Crippen LogP contribution in [0.4, 0.5) is 13.2 Å². The van der Waals surface area contributed by atoms with Gasteiger partial charge in [0.1, 0.15) is 5.82 Å². The summed E-state index contributed by atoms with van der Waals surface area (Å²) in [6.07, 6.45) is 0.0872. The van der Waals surface area contributed by atoms with Gasteiger partial charge in [-0.15, -0.1) is 0 Å². The van der Waals surface area contributed by atoms with Crippen molar-refractivity contribution in [2.24, 2.45) is 5.73 Å². The zero-order valence-corrected chi connectivity index (χ0v) is 8.29. The molecule has 0 unspecified atom stereocenters. The van der Waals surface area contributed by atoms with E-state index in [0.29, 0.717) is 5.56 Å². The molecule has 0 saturated heterocycles. The Morgan fingerprint density at radius 3 is 2.62 bits per heavy atom. The van der Waals surface area contributed by atoms with E-state index in [1.54, 1.807) is 0 Å². The second-order valence-electron chi connectivity index (χ2n) is 3.15. The summed E-state index contributed by atoms with van der Waals surface area (Å²) in [6.45, 7) is 0. The topological polar surface area (TPSA) is 43.1 Å². The summed E-state index contributed by atoms with van der Waals surface area (Å²) in [5.41, 5.74) is 4.66. The summed E-state index contributed by atoms with van der Waals surface area (Å²) < 4.78 is 37.5. The Hall–Kier alpha value is -1.78. The smallest absolute Gasteiger partial charge is 0.266 e. The molecular weight excluding hydrogens is 219 g/mol. The molecular formula is C11H10F3NO. The van der Waals surface area contributed by atoms with E-state index in [0.717, 1.165) is 12.1 Å². The van der Waals surface area contributed by atoms with Gasteiger partial charge in [0.05, 0.1) is 5.56 Å². The molecule has 0 saturated carbocycles. The van der Waals surface area contributed by atoms with Crippen LogP contribution in [-0.2, 0) is 4.79 Å². The third kappa shape index (κ3) is 3.42. The molecule has 1 amide bonds. The first-order chi connectivity index (χ1) is 7.50. The SMILES string of the molecule is NC(=O)CC=Cc1ccc(C(F)F)c(F)c1. The maximum atomic E-state index is 13.1. The fraction of sp³-hybridized carbons (Fsp3) is 0.182. The highest BCUT2D eigenvalue weighted by molar-refractivity contribution is 5.76. The van der Waals surface area contributed by atoms with Crippen molar-refractivity contribution in [2.45, 2.75) is 12.8 Å². The van der Waals surface area contributed by atoms with Crippen molar-refractivity contribution in [1.29, 1.82) is 0 Å². The normalized spacial score (nSPS) is 11.2. The van der Waals surface area contributed by atoms with Crippen LogP contribution in [0.25, 0.3) is 6.08 Å². The molecule has 0 atom stereocenters. The quantitative estimate of drug-likeness (QED) is 0.847. The molecule has 86 valence electrons. The monoisotopic (exact) mass is 229 g/mol. The molecule has 5 heteroatoms. The molecule has 0 aliphatic heterocycles. The Morgan fingerprint density at radius 2 is 2.12 bits per heavy atom. The first-order valence-electron chi connectivity index (χ1n) is 4.53. The summed E-state index contributed by atoms with van der Waals surface area (Å²) in [6, 6.07) is 3.35. The molecule has 0 aliphatic carbocycles. The molecule has 0 aromatic heterocycles. The Labute approximate surface area is 90.6 Å². The van der Waals surface area contributed by atoms with Gasteiger partial charge in [0.2, 0.25) is 5.91 Å². The van der Waals surface area contributed by atoms with Crippen molar-refractivity contribution < 1.29 is 18.0 Å². The van der Waals surface area contributed by atoms with Crippen LogP contribution >= 0.6 is 0 Å². The molecule has 0 aliphatic rings. The highest BCUT2D eigenvalue weighted by Gasteiger charge is 2.12. The van der Waals surface area contributed by atoms with E-state index in [-0.39, 0.29) is 6.42 Å². The maximum Gasteiger partial charge on any atom is 0.266 e. The Bertz CT molecular complexity index is 416. The number of carbonyl (C=O) groups is 1. The van der Waals surface area contributed by atoms with Crippen LogP contribution in [0.2, 0.25) is 0 Å². The summed E-state index contributed by atoms with van der Waals surface area (Å²) in [5.74, 6) is -1.47. The van der Waals surface area contributed by atoms with E-state index in [1.165, 1.54) is 18.2 Å². The zero-order chi connectivity index (χ0) is 12.1. The maximum absolute atomic E-state index is 13.1. The Kier molecular flexibility index (Phi) is 4.10. The van der Waals surface area contributed by atoms with E-state index in [2.05, 4.69) is 0 Å². The molecule has 0 radical (unpaired) electrons. The van der Waals surface area contributed by atoms with Gasteiger partial charge in [0.15, 0.2) is 0 Å². The number of rotatable bonds is 4. The highest BCUT2D eigenvalue weighted by Crippen LogP contribution is 2.22. The zero-order valence-electron chi connectivity index (χ0n) is 8.29. The predicted octanol–water partition coefficient (Wildman–Crippen LogP) is 2.65. The Morgan fingerprint density at radius 1 is 1.44 bits per heavy atom. The van der Waals surface area contributed by atoms with E-state index in [1.807, 2.05) is 0 Å². The fourth-order valence-corrected chi connectivity index (χ4v) is 1.14. The van der Waals surface area contributed by atoms with Gasteiger partial charge in [-0.25, -0.2) is 13.2 Å². The van der Waals surface area contributed by atoms with Gasteiger partial charge in [-0.05, 0) is 17.7 Å². The minimum Gasteiger partial charge on any atom is -0.369 e. The van der Waals surface area contributed by atoms with Crippen LogP contribution in [0, 0.1) is 5.82 Å². The minimum atomic E-state index is -2.83. The van der Waals surface area contributed by atoms with Crippen molar-refractivity contribution in [3.63, 3.8) is 0 Å². The van der Waals surface area contributed by atoms with Gasteiger partial charge in [-0.3, -0.25) is 4.79 Å². The summed E-state index contributed by atoms with van der Waals surface area (Å²) >= 11 is 0. The van der Waals surface area contributed by atoms with Crippen LogP contribution in [0.5, 0.6) is 0 Å². The Balaban J connectivity index is 2.81. The average Bonchev–Trinajstić information content (AvgIpc) is 2.16. The van der Waals surface area contributed by atoms with Crippen LogP contribution in [0.3, 0.4) is 0 Å². The van der Waals surface area contributed by atoms with Crippen LogP contribution < -0.4 is 5.73 Å². The number of halogens is 3. The van der Waals surface area contributed by atoms with Gasteiger partial charge in [0.25, 0.3) is 6.43 Å². The molecule has 0 heterocycles. The largest absolute Gasteiger partial charge is 0.369 e. The number of hydrogen-bond acceptors (Lipinski definition) is 1. The van der Waals surface area contributed by atoms with Gasteiger partial charge in [-0.2, -0.15) is 0 Å². The van der Waals surface area contributed by atoms with Gasteiger partial charge < -0.3 is 5.73 Å². The van der Waals surface area contributed by atoms with Crippen molar-refractivity contribution in [1.82, 2.24) is 0 Å². The van der Waals surface area contributed by atoms with Gasteiger partial charge in [0, 0.05) is 6.42 Å². The lowest BCUT2D eigenvalue weighted by Gasteiger charge is -2.02. The van der Waals surface area contributed by atoms with Gasteiger partial charge >= 0.3 is 0 Å². The lowest BCUT2D eigenvalue weighted by molar-refractivity contribution is -0.117. The van der Waals surface area contributed by atoms with Crippen molar-refractivity contribution in [2.75, 3.05) is 0 Å². The van der Waals surface area contributed by atoms with E-state index in [4.69, 9.17) is 5.73 Å². The third-order valence-electron chi connectivity index (χ3n) is 1.89. The van der Waals surface area contributed by atoms with E-state index < -0.39 is 23.7 Å². The average molecular weight is 229 g/mol.